The molecule has 24 heavy (non-hydrogen) atoms. The number of hydrogen-bond acceptors (Lipinski definition) is 3. The van der Waals surface area contributed by atoms with Gasteiger partial charge in [-0.1, -0.05) is 25.1 Å². The number of hydrogen-bond donors (Lipinski definition) is 1. The summed E-state index contributed by atoms with van der Waals surface area (Å²) in [5.74, 6) is -0.304. The molecule has 0 radical (unpaired) electrons. The van der Waals surface area contributed by atoms with E-state index in [0.29, 0.717) is 17.5 Å². The van der Waals surface area contributed by atoms with E-state index in [2.05, 4.69) is 18.3 Å². The highest BCUT2D eigenvalue weighted by atomic mass is 32.2. The Morgan fingerprint density at radius 2 is 2.12 bits per heavy atom. The van der Waals surface area contributed by atoms with Crippen molar-refractivity contribution in [1.29, 1.82) is 0 Å². The largest absolute Gasteiger partial charge is 0.376 e. The fourth-order valence-electron chi connectivity index (χ4n) is 2.80. The zero-order valence-electron chi connectivity index (χ0n) is 13.9. The smallest absolute Gasteiger partial charge is 0.246 e. The number of carbonyl (C=O) groups excluding carboxylic acids is 1. The van der Waals surface area contributed by atoms with Gasteiger partial charge in [0, 0.05) is 22.4 Å². The van der Waals surface area contributed by atoms with Crippen molar-refractivity contribution in [3.8, 4) is 0 Å². The molecule has 3 rings (SSSR count). The van der Waals surface area contributed by atoms with Crippen molar-refractivity contribution in [2.75, 3.05) is 23.3 Å². The van der Waals surface area contributed by atoms with E-state index in [1.165, 1.54) is 12.1 Å². The number of rotatable bonds is 3. The minimum absolute atomic E-state index is 0.000751. The van der Waals surface area contributed by atoms with E-state index < -0.39 is 0 Å². The van der Waals surface area contributed by atoms with Crippen LogP contribution in [0.3, 0.4) is 0 Å². The lowest BCUT2D eigenvalue weighted by atomic mass is 10.2. The number of aryl methyl sites for hydroxylation is 1. The molecule has 0 saturated carbocycles. The third-order valence-electron chi connectivity index (χ3n) is 4.17. The molecule has 1 aliphatic heterocycles. The molecular formula is C19H21FN2OS. The van der Waals surface area contributed by atoms with Gasteiger partial charge in [0.05, 0.1) is 12.2 Å². The number of fused-ring (bicyclic) bond motifs is 1. The fourth-order valence-corrected chi connectivity index (χ4v) is 3.91. The summed E-state index contributed by atoms with van der Waals surface area (Å²) in [5.41, 5.74) is 2.55. The molecule has 1 aliphatic rings. The summed E-state index contributed by atoms with van der Waals surface area (Å²) in [5, 5.41) is 3.55. The van der Waals surface area contributed by atoms with Gasteiger partial charge in [-0.15, -0.1) is 11.8 Å². The van der Waals surface area contributed by atoms with Gasteiger partial charge in [0.15, 0.2) is 0 Å². The van der Waals surface area contributed by atoms with Gasteiger partial charge in [-0.2, -0.15) is 0 Å². The maximum atomic E-state index is 13.4. The lowest BCUT2D eigenvalue weighted by molar-refractivity contribution is -0.117. The summed E-state index contributed by atoms with van der Waals surface area (Å²) in [6.07, 6.45) is 0.948. The summed E-state index contributed by atoms with van der Waals surface area (Å²) in [6.45, 7) is 4.93. The molecule has 2 aromatic rings. The Morgan fingerprint density at radius 3 is 2.96 bits per heavy atom. The molecule has 0 spiro atoms. The van der Waals surface area contributed by atoms with Crippen LogP contribution in [0.5, 0.6) is 0 Å². The van der Waals surface area contributed by atoms with Crippen molar-refractivity contribution in [3.63, 3.8) is 0 Å². The summed E-state index contributed by atoms with van der Waals surface area (Å²) >= 11 is 1.81. The number of nitrogens with zero attached hydrogens (tertiary/aromatic N) is 1. The van der Waals surface area contributed by atoms with E-state index in [9.17, 15) is 9.18 Å². The van der Waals surface area contributed by atoms with Crippen LogP contribution in [0.1, 0.15) is 18.9 Å². The van der Waals surface area contributed by atoms with Crippen molar-refractivity contribution < 1.29 is 9.18 Å². The van der Waals surface area contributed by atoms with Crippen LogP contribution in [0.2, 0.25) is 0 Å². The number of carbonyl (C=O) groups is 1. The molecular weight excluding hydrogens is 323 g/mol. The maximum Gasteiger partial charge on any atom is 0.246 e. The molecule has 5 heteroatoms. The van der Waals surface area contributed by atoms with E-state index in [1.54, 1.807) is 6.07 Å². The average molecular weight is 344 g/mol. The van der Waals surface area contributed by atoms with E-state index in [4.69, 9.17) is 0 Å². The predicted molar refractivity (Wildman–Crippen MR) is 98.4 cm³/mol. The Morgan fingerprint density at radius 1 is 1.33 bits per heavy atom. The summed E-state index contributed by atoms with van der Waals surface area (Å²) in [4.78, 5) is 15.7. The summed E-state index contributed by atoms with van der Waals surface area (Å²) in [7, 11) is 0. The Labute approximate surface area is 146 Å². The Bertz CT molecular complexity index is 750. The molecule has 1 heterocycles. The molecule has 0 aromatic heterocycles. The SMILES string of the molecule is Cc1ccc(F)cc1NCC(=O)N1CC[C@@H](C)Sc2ccccc21. The monoisotopic (exact) mass is 344 g/mol. The quantitative estimate of drug-likeness (QED) is 0.892. The van der Waals surface area contributed by atoms with Gasteiger partial charge in [-0.3, -0.25) is 4.79 Å². The van der Waals surface area contributed by atoms with E-state index in [-0.39, 0.29) is 18.3 Å². The Kier molecular flexibility index (Phi) is 5.09. The van der Waals surface area contributed by atoms with E-state index >= 15 is 0 Å². The van der Waals surface area contributed by atoms with E-state index in [0.717, 1.165) is 22.6 Å². The number of benzene rings is 2. The number of para-hydroxylation sites is 1. The second-order valence-electron chi connectivity index (χ2n) is 6.04. The molecule has 1 atom stereocenters. The minimum Gasteiger partial charge on any atom is -0.376 e. The van der Waals surface area contributed by atoms with Crippen LogP contribution in [-0.2, 0) is 4.79 Å². The third kappa shape index (κ3) is 3.73. The van der Waals surface area contributed by atoms with Crippen LogP contribution in [0.25, 0.3) is 0 Å². The Hall–Kier alpha value is -2.01. The minimum atomic E-state index is -0.305. The fraction of sp³-hybridized carbons (Fsp3) is 0.316. The van der Waals surface area contributed by atoms with Gasteiger partial charge >= 0.3 is 0 Å². The first-order valence-electron chi connectivity index (χ1n) is 8.10. The van der Waals surface area contributed by atoms with E-state index in [1.807, 2.05) is 41.8 Å². The number of anilines is 2. The number of amides is 1. The molecule has 126 valence electrons. The lowest BCUT2D eigenvalue weighted by Crippen LogP contribution is -2.36. The average Bonchev–Trinajstić information content (AvgIpc) is 2.73. The number of halogens is 1. The molecule has 1 amide bonds. The van der Waals surface area contributed by atoms with Crippen molar-refractivity contribution in [1.82, 2.24) is 0 Å². The molecule has 0 bridgehead atoms. The third-order valence-corrected chi connectivity index (χ3v) is 5.41. The predicted octanol–water partition coefficient (Wildman–Crippen LogP) is 4.46. The Balaban J connectivity index is 1.76. The summed E-state index contributed by atoms with van der Waals surface area (Å²) < 4.78 is 13.4. The highest BCUT2D eigenvalue weighted by molar-refractivity contribution is 8.00. The maximum absolute atomic E-state index is 13.4. The van der Waals surface area contributed by atoms with Crippen molar-refractivity contribution in [2.24, 2.45) is 0 Å². The summed E-state index contributed by atoms with van der Waals surface area (Å²) in [6, 6.07) is 12.6. The van der Waals surface area contributed by atoms with Gasteiger partial charge in [0.1, 0.15) is 5.82 Å². The van der Waals surface area contributed by atoms with Crippen LogP contribution in [0, 0.1) is 12.7 Å². The highest BCUT2D eigenvalue weighted by Crippen LogP contribution is 2.37. The van der Waals surface area contributed by atoms with Crippen molar-refractivity contribution in [2.45, 2.75) is 30.4 Å². The van der Waals surface area contributed by atoms with Gasteiger partial charge in [-0.25, -0.2) is 4.39 Å². The second kappa shape index (κ2) is 7.26. The molecule has 0 fully saturated rings. The molecule has 2 aromatic carbocycles. The van der Waals surface area contributed by atoms with Gasteiger partial charge in [0.2, 0.25) is 5.91 Å². The van der Waals surface area contributed by atoms with Crippen LogP contribution < -0.4 is 10.2 Å². The van der Waals surface area contributed by atoms with Crippen LogP contribution in [0.15, 0.2) is 47.4 Å². The van der Waals surface area contributed by atoms with Crippen LogP contribution in [-0.4, -0.2) is 24.2 Å². The lowest BCUT2D eigenvalue weighted by Gasteiger charge is -2.23. The zero-order chi connectivity index (χ0) is 17.1. The van der Waals surface area contributed by atoms with Gasteiger partial charge in [0.25, 0.3) is 0 Å². The first-order valence-corrected chi connectivity index (χ1v) is 8.98. The van der Waals surface area contributed by atoms with Crippen molar-refractivity contribution in [3.05, 3.63) is 53.8 Å². The highest BCUT2D eigenvalue weighted by Gasteiger charge is 2.23. The molecule has 1 N–H and O–H groups in total. The van der Waals surface area contributed by atoms with Crippen LogP contribution in [0.4, 0.5) is 15.8 Å². The number of thioether (sulfide) groups is 1. The van der Waals surface area contributed by atoms with Gasteiger partial charge in [-0.05, 0) is 43.2 Å². The first kappa shape index (κ1) is 16.8. The number of nitrogens with one attached hydrogen (secondary N) is 1. The zero-order valence-corrected chi connectivity index (χ0v) is 14.7. The second-order valence-corrected chi connectivity index (χ2v) is 7.52. The van der Waals surface area contributed by atoms with Crippen molar-refractivity contribution >= 4 is 29.0 Å². The molecule has 0 unspecified atom stereocenters. The first-order chi connectivity index (χ1) is 11.5. The normalized spacial score (nSPS) is 17.1. The molecule has 3 nitrogen and oxygen atoms in total. The topological polar surface area (TPSA) is 32.3 Å². The molecule has 0 aliphatic carbocycles. The van der Waals surface area contributed by atoms with Gasteiger partial charge < -0.3 is 10.2 Å². The standard InChI is InChI=1S/C19H21FN2OS/c1-13-7-8-15(20)11-16(13)21-12-19(23)22-10-9-14(2)24-18-6-4-3-5-17(18)22/h3-8,11,14,21H,9-10,12H2,1-2H3/t14-/m1/s1. The van der Waals surface area contributed by atoms with Crippen LogP contribution >= 0.6 is 11.8 Å². The molecule has 0 saturated heterocycles.